The highest BCUT2D eigenvalue weighted by Crippen LogP contribution is 2.52. The molecule has 0 bridgehead atoms. The van der Waals surface area contributed by atoms with Gasteiger partial charge in [-0.1, -0.05) is 158 Å². The highest BCUT2D eigenvalue weighted by molar-refractivity contribution is 6.27. The van der Waals surface area contributed by atoms with Gasteiger partial charge in [0.05, 0.1) is 74.1 Å². The predicted molar refractivity (Wildman–Crippen MR) is 307 cm³/mol. The lowest BCUT2D eigenvalue weighted by molar-refractivity contribution is 0.672. The number of furan rings is 2. The molecule has 0 aliphatic rings. The summed E-state index contributed by atoms with van der Waals surface area (Å²) in [6, 6.07) is 77.9. The third-order valence-corrected chi connectivity index (χ3v) is 15.5. The van der Waals surface area contributed by atoms with Gasteiger partial charge in [0.25, 0.3) is 0 Å². The van der Waals surface area contributed by atoms with Gasteiger partial charge >= 0.3 is 0 Å². The van der Waals surface area contributed by atoms with Crippen LogP contribution in [-0.2, 0) is 0 Å². The second-order valence-corrected chi connectivity index (χ2v) is 19.3. The molecule has 0 saturated carbocycles. The first-order valence-corrected chi connectivity index (χ1v) is 25.0. The van der Waals surface area contributed by atoms with Gasteiger partial charge in [-0.05, 0) is 89.0 Å². The molecule has 16 rings (SSSR count). The van der Waals surface area contributed by atoms with Crippen LogP contribution in [-0.4, -0.2) is 13.7 Å². The van der Waals surface area contributed by atoms with Gasteiger partial charge in [-0.2, -0.15) is 0 Å². The van der Waals surface area contributed by atoms with E-state index in [-0.39, 0.29) is 0 Å². The molecule has 16 aromatic rings. The summed E-state index contributed by atoms with van der Waals surface area (Å²) in [7, 11) is 0. The van der Waals surface area contributed by atoms with Gasteiger partial charge < -0.3 is 22.5 Å². The van der Waals surface area contributed by atoms with Gasteiger partial charge in [-0.15, -0.1) is 0 Å². The summed E-state index contributed by atoms with van der Waals surface area (Å²) in [5.74, 6) is 0. The number of rotatable bonds is 5. The molecule has 0 unspecified atom stereocenters. The van der Waals surface area contributed by atoms with Crippen LogP contribution < -0.4 is 0 Å². The highest BCUT2D eigenvalue weighted by atomic mass is 16.3. The Morgan fingerprint density at radius 3 is 1.12 bits per heavy atom. The molecule has 5 aromatic heterocycles. The van der Waals surface area contributed by atoms with Crippen LogP contribution in [0.1, 0.15) is 0 Å². The number of para-hydroxylation sites is 4. The van der Waals surface area contributed by atoms with Crippen molar-refractivity contribution < 1.29 is 8.83 Å². The lowest BCUT2D eigenvalue weighted by Gasteiger charge is -2.25. The number of hydrogen-bond acceptors (Lipinski definition) is 2. The number of fused-ring (bicyclic) bond motifs is 17. The van der Waals surface area contributed by atoms with E-state index >= 15 is 0 Å². The molecule has 0 atom stereocenters. The first-order valence-electron chi connectivity index (χ1n) is 25.0. The van der Waals surface area contributed by atoms with Crippen molar-refractivity contribution in [2.75, 3.05) is 0 Å². The van der Waals surface area contributed by atoms with Crippen LogP contribution >= 0.6 is 0 Å². The molecule has 7 nitrogen and oxygen atoms in total. The number of hydrogen-bond donors (Lipinski definition) is 0. The summed E-state index contributed by atoms with van der Waals surface area (Å²) in [5, 5.41) is 10.0. The minimum absolute atomic E-state index is 0.334. The van der Waals surface area contributed by atoms with Gasteiger partial charge in [-0.3, -0.25) is 0 Å². The van der Waals surface area contributed by atoms with E-state index in [1.807, 2.05) is 48.5 Å². The third-order valence-electron chi connectivity index (χ3n) is 15.5. The normalized spacial score (nSPS) is 12.0. The third kappa shape index (κ3) is 5.67. The molecule has 0 fully saturated rings. The molecular weight excluding hydrogens is 919 g/mol. The largest absolute Gasteiger partial charge is 0.455 e. The Morgan fingerprint density at radius 1 is 0.280 bits per heavy atom. The standard InChI is InChI=1S/C68H37N5O2/c1-69-52-39-53(70-2)65(73-57-36-34-49-47-24-12-16-28-61(47)75-68(49)63(57)51-32-30-43(38-59(51)73)41-19-7-4-8-20-41)66(71-54-25-13-9-21-44(54)45-22-10-14-26-55(45)71)64(52)72-56-35-33-48-46-23-11-15-27-60(46)74-67(48)62(56)50-31-29-42(37-58(50)72)40-17-5-3-6-18-40/h3-39H. The SMILES string of the molecule is [C-]#[N+]c1cc([N+]#[C-])c(-n2c3cc(-c4ccccc4)ccc3c3c4oc5ccccc5c4ccc32)c(-n2c3ccccc3c3ccccc32)c1-n1c2cc(-c3ccccc3)ccc2c2c3oc4ccccc4c3ccc21. The van der Waals surface area contributed by atoms with Crippen molar-refractivity contribution in [3.63, 3.8) is 0 Å². The molecule has 0 amide bonds. The molecular formula is C68H37N5O2. The zero-order valence-corrected chi connectivity index (χ0v) is 39.9. The monoisotopic (exact) mass is 955 g/mol. The molecule has 75 heavy (non-hydrogen) atoms. The average molecular weight is 956 g/mol. The smallest absolute Gasteiger partial charge is 0.202 e. The minimum Gasteiger partial charge on any atom is -0.455 e. The highest BCUT2D eigenvalue weighted by Gasteiger charge is 2.31. The predicted octanol–water partition coefficient (Wildman–Crippen LogP) is 19.2. The van der Waals surface area contributed by atoms with Crippen LogP contribution in [0, 0.1) is 13.1 Å². The first kappa shape index (κ1) is 41.1. The van der Waals surface area contributed by atoms with E-state index in [4.69, 9.17) is 8.83 Å². The van der Waals surface area contributed by atoms with Crippen molar-refractivity contribution in [2.45, 2.75) is 0 Å². The van der Waals surface area contributed by atoms with E-state index in [1.54, 1.807) is 6.07 Å². The fourth-order valence-electron chi connectivity index (χ4n) is 12.3. The van der Waals surface area contributed by atoms with E-state index in [2.05, 4.69) is 193 Å². The maximum atomic E-state index is 9.24. The molecule has 5 heterocycles. The van der Waals surface area contributed by atoms with Crippen molar-refractivity contribution in [1.29, 1.82) is 0 Å². The maximum absolute atomic E-state index is 9.24. The molecule has 0 aliphatic heterocycles. The second kappa shape index (κ2) is 15.5. The van der Waals surface area contributed by atoms with Crippen molar-refractivity contribution in [3.8, 4) is 39.3 Å². The van der Waals surface area contributed by atoms with Crippen molar-refractivity contribution >= 4 is 121 Å². The van der Waals surface area contributed by atoms with Crippen LogP contribution in [0.4, 0.5) is 11.4 Å². The van der Waals surface area contributed by atoms with Crippen LogP contribution in [0.3, 0.4) is 0 Å². The van der Waals surface area contributed by atoms with Crippen LogP contribution in [0.15, 0.2) is 233 Å². The molecule has 0 aliphatic carbocycles. The number of aromatic nitrogens is 3. The van der Waals surface area contributed by atoms with E-state index in [0.717, 1.165) is 132 Å². The molecule has 0 N–H and O–H groups in total. The maximum Gasteiger partial charge on any atom is 0.202 e. The molecule has 0 radical (unpaired) electrons. The van der Waals surface area contributed by atoms with Gasteiger partial charge in [0.1, 0.15) is 22.3 Å². The summed E-state index contributed by atoms with van der Waals surface area (Å²) in [6.45, 7) is 18.5. The first-order chi connectivity index (χ1) is 37.1. The Bertz CT molecular complexity index is 4890. The van der Waals surface area contributed by atoms with E-state index in [9.17, 15) is 13.1 Å². The number of nitrogens with zero attached hydrogens (tertiary/aromatic N) is 5. The zero-order valence-electron chi connectivity index (χ0n) is 39.9. The molecule has 7 heteroatoms. The summed E-state index contributed by atoms with van der Waals surface area (Å²) in [5.41, 5.74) is 15.4. The van der Waals surface area contributed by atoms with Gasteiger partial charge in [0.15, 0.2) is 0 Å². The van der Waals surface area contributed by atoms with Gasteiger partial charge in [0, 0.05) is 43.1 Å². The Hall–Kier alpha value is -10.6. The summed E-state index contributed by atoms with van der Waals surface area (Å²) < 4.78 is 20.6. The van der Waals surface area contributed by atoms with Crippen LogP contribution in [0.25, 0.3) is 158 Å². The molecule has 346 valence electrons. The Morgan fingerprint density at radius 2 is 0.667 bits per heavy atom. The fraction of sp³-hybridized carbons (Fsp3) is 0. The fourth-order valence-corrected chi connectivity index (χ4v) is 12.3. The minimum atomic E-state index is 0.334. The Balaban J connectivity index is 1.16. The van der Waals surface area contributed by atoms with Crippen LogP contribution in [0.5, 0.6) is 0 Å². The lowest BCUT2D eigenvalue weighted by Crippen LogP contribution is -2.10. The van der Waals surface area contributed by atoms with Crippen LogP contribution in [0.2, 0.25) is 0 Å². The second-order valence-electron chi connectivity index (χ2n) is 19.3. The van der Waals surface area contributed by atoms with E-state index in [1.165, 1.54) is 0 Å². The summed E-state index contributed by atoms with van der Waals surface area (Å²) in [6.07, 6.45) is 0. The number of benzene rings is 11. The van der Waals surface area contributed by atoms with Crippen molar-refractivity contribution in [2.24, 2.45) is 0 Å². The molecule has 11 aromatic carbocycles. The topological polar surface area (TPSA) is 49.8 Å². The quantitative estimate of drug-likeness (QED) is 0.161. The van der Waals surface area contributed by atoms with E-state index < -0.39 is 0 Å². The Labute approximate surface area is 427 Å². The Kier molecular flexibility index (Phi) is 8.46. The molecule has 0 saturated heterocycles. The molecule has 0 spiro atoms. The lowest BCUT2D eigenvalue weighted by atomic mass is 10.0. The van der Waals surface area contributed by atoms with Crippen molar-refractivity contribution in [1.82, 2.24) is 13.7 Å². The van der Waals surface area contributed by atoms with E-state index in [0.29, 0.717) is 28.4 Å². The zero-order chi connectivity index (χ0) is 49.5. The van der Waals surface area contributed by atoms with Gasteiger partial charge in [-0.25, -0.2) is 9.69 Å². The summed E-state index contributed by atoms with van der Waals surface area (Å²) in [4.78, 5) is 8.90. The van der Waals surface area contributed by atoms with Crippen molar-refractivity contribution in [3.05, 3.63) is 247 Å². The van der Waals surface area contributed by atoms with Gasteiger partial charge in [0.2, 0.25) is 11.4 Å². The summed E-state index contributed by atoms with van der Waals surface area (Å²) >= 11 is 0. The average Bonchev–Trinajstić information content (AvgIpc) is 4.34.